The summed E-state index contributed by atoms with van der Waals surface area (Å²) in [5.74, 6) is 0.794. The Morgan fingerprint density at radius 2 is 1.73 bits per heavy atom. The molecular formula is C14H30Si. The van der Waals surface area contributed by atoms with Crippen LogP contribution in [-0.2, 0) is 0 Å². The second-order valence-electron chi connectivity index (χ2n) is 6.02. The molecule has 0 aromatic carbocycles. The number of unbranched alkanes of at least 4 members (excludes halogenated alkanes) is 4. The number of rotatable bonds is 8. The zero-order valence-electron chi connectivity index (χ0n) is 11.5. The van der Waals surface area contributed by atoms with Gasteiger partial charge in [0.15, 0.2) is 0 Å². The van der Waals surface area contributed by atoms with E-state index in [1.54, 1.807) is 0 Å². The molecule has 90 valence electrons. The average Bonchev–Trinajstić information content (AvgIpc) is 2.08. The van der Waals surface area contributed by atoms with Crippen LogP contribution in [0.3, 0.4) is 0 Å². The van der Waals surface area contributed by atoms with Crippen molar-refractivity contribution in [3.8, 4) is 0 Å². The third-order valence-electron chi connectivity index (χ3n) is 2.62. The Hall–Kier alpha value is -0.0431. The van der Waals surface area contributed by atoms with Crippen molar-refractivity contribution in [2.75, 3.05) is 0 Å². The van der Waals surface area contributed by atoms with E-state index in [1.807, 2.05) is 0 Å². The highest BCUT2D eigenvalue weighted by Gasteiger charge is 2.15. The molecule has 0 aromatic heterocycles. The summed E-state index contributed by atoms with van der Waals surface area (Å²) in [6.07, 6.45) is 11.7. The van der Waals surface area contributed by atoms with E-state index in [2.05, 4.69) is 45.6 Å². The van der Waals surface area contributed by atoms with Crippen molar-refractivity contribution in [3.63, 3.8) is 0 Å². The molecule has 0 spiro atoms. The fourth-order valence-electron chi connectivity index (χ4n) is 2.05. The lowest BCUT2D eigenvalue weighted by atomic mass is 10.1. The normalized spacial score (nSPS) is 14.7. The number of hydrogen-bond donors (Lipinski definition) is 0. The largest absolute Gasteiger partial charge is 0.0883 e. The van der Waals surface area contributed by atoms with E-state index in [9.17, 15) is 0 Å². The Bertz CT molecular complexity index is 165. The van der Waals surface area contributed by atoms with Crippen LogP contribution in [0.2, 0.25) is 25.7 Å². The van der Waals surface area contributed by atoms with Crippen molar-refractivity contribution in [3.05, 3.63) is 12.2 Å². The molecule has 1 heteroatoms. The maximum absolute atomic E-state index is 2.46. The van der Waals surface area contributed by atoms with Gasteiger partial charge in [-0.25, -0.2) is 0 Å². The van der Waals surface area contributed by atoms with Crippen LogP contribution in [-0.4, -0.2) is 8.07 Å². The summed E-state index contributed by atoms with van der Waals surface area (Å²) in [4.78, 5) is 0. The summed E-state index contributed by atoms with van der Waals surface area (Å²) >= 11 is 0. The molecule has 0 N–H and O–H groups in total. The van der Waals surface area contributed by atoms with E-state index < -0.39 is 8.07 Å². The molecule has 0 aliphatic heterocycles. The summed E-state index contributed by atoms with van der Waals surface area (Å²) in [6.45, 7) is 12.0. The lowest BCUT2D eigenvalue weighted by Gasteiger charge is -2.18. The fraction of sp³-hybridized carbons (Fsp3) is 0.857. The van der Waals surface area contributed by atoms with E-state index in [0.717, 1.165) is 5.92 Å². The van der Waals surface area contributed by atoms with Crippen LogP contribution >= 0.6 is 0 Å². The van der Waals surface area contributed by atoms with Crippen LogP contribution in [0.4, 0.5) is 0 Å². The van der Waals surface area contributed by atoms with Crippen LogP contribution in [0, 0.1) is 5.92 Å². The Morgan fingerprint density at radius 1 is 1.07 bits per heavy atom. The molecule has 1 unspecified atom stereocenters. The number of allylic oxidation sites excluding steroid dienone is 2. The van der Waals surface area contributed by atoms with Gasteiger partial charge in [0.05, 0.1) is 0 Å². The summed E-state index contributed by atoms with van der Waals surface area (Å²) in [5, 5.41) is 0. The van der Waals surface area contributed by atoms with Gasteiger partial charge in [-0.1, -0.05) is 70.9 Å². The molecule has 0 fully saturated rings. The molecule has 15 heavy (non-hydrogen) atoms. The lowest BCUT2D eigenvalue weighted by Crippen LogP contribution is -2.21. The third kappa shape index (κ3) is 11.9. The molecular weight excluding hydrogens is 196 g/mol. The first-order valence-electron chi connectivity index (χ1n) is 6.62. The van der Waals surface area contributed by atoms with Gasteiger partial charge in [0.1, 0.15) is 0 Å². The first kappa shape index (κ1) is 15.0. The van der Waals surface area contributed by atoms with Crippen molar-refractivity contribution in [2.45, 2.75) is 71.6 Å². The third-order valence-corrected chi connectivity index (χ3v) is 4.49. The van der Waals surface area contributed by atoms with Gasteiger partial charge in [0.2, 0.25) is 0 Å². The molecule has 0 saturated heterocycles. The van der Waals surface area contributed by atoms with E-state index >= 15 is 0 Å². The highest BCUT2D eigenvalue weighted by atomic mass is 28.3. The highest BCUT2D eigenvalue weighted by molar-refractivity contribution is 6.76. The zero-order valence-corrected chi connectivity index (χ0v) is 12.5. The SMILES string of the molecule is CCCCCC/C=C/C(C)C[Si](C)(C)C. The maximum Gasteiger partial charge on any atom is 0.0448 e. The summed E-state index contributed by atoms with van der Waals surface area (Å²) < 4.78 is 0. The van der Waals surface area contributed by atoms with Gasteiger partial charge in [0, 0.05) is 8.07 Å². The summed E-state index contributed by atoms with van der Waals surface area (Å²) in [5.41, 5.74) is 0. The molecule has 0 bridgehead atoms. The quantitative estimate of drug-likeness (QED) is 0.292. The van der Waals surface area contributed by atoms with E-state index in [-0.39, 0.29) is 0 Å². The highest BCUT2D eigenvalue weighted by Crippen LogP contribution is 2.17. The van der Waals surface area contributed by atoms with Gasteiger partial charge >= 0.3 is 0 Å². The van der Waals surface area contributed by atoms with Gasteiger partial charge in [-0.2, -0.15) is 0 Å². The van der Waals surface area contributed by atoms with Gasteiger partial charge < -0.3 is 0 Å². The number of hydrogen-bond acceptors (Lipinski definition) is 0. The fourth-order valence-corrected chi connectivity index (χ4v) is 4.12. The zero-order chi connectivity index (χ0) is 11.7. The maximum atomic E-state index is 2.46. The monoisotopic (exact) mass is 226 g/mol. The minimum atomic E-state index is -0.853. The Morgan fingerprint density at radius 3 is 2.27 bits per heavy atom. The van der Waals surface area contributed by atoms with E-state index in [0.29, 0.717) is 0 Å². The average molecular weight is 226 g/mol. The molecule has 0 aliphatic carbocycles. The second kappa shape index (κ2) is 8.15. The molecule has 0 amide bonds. The van der Waals surface area contributed by atoms with Crippen molar-refractivity contribution in [1.82, 2.24) is 0 Å². The Kier molecular flexibility index (Phi) is 8.13. The molecule has 0 saturated carbocycles. The molecule has 0 aliphatic rings. The van der Waals surface area contributed by atoms with E-state index in [4.69, 9.17) is 0 Å². The minimum Gasteiger partial charge on any atom is -0.0883 e. The Labute approximate surface area is 98.2 Å². The minimum absolute atomic E-state index is 0.794. The van der Waals surface area contributed by atoms with Crippen LogP contribution < -0.4 is 0 Å². The van der Waals surface area contributed by atoms with Crippen molar-refractivity contribution >= 4 is 8.07 Å². The van der Waals surface area contributed by atoms with E-state index in [1.165, 1.54) is 38.1 Å². The Balaban J connectivity index is 3.50. The molecule has 0 heterocycles. The van der Waals surface area contributed by atoms with Crippen LogP contribution in [0.15, 0.2) is 12.2 Å². The first-order chi connectivity index (χ1) is 6.95. The molecule has 0 rings (SSSR count). The topological polar surface area (TPSA) is 0 Å². The standard InChI is InChI=1S/C14H30Si/c1-6-7-8-9-10-11-12-14(2)13-15(3,4)5/h11-12,14H,6-10,13H2,1-5H3/b12-11+. The van der Waals surface area contributed by atoms with Gasteiger partial charge in [-0.3, -0.25) is 0 Å². The molecule has 0 nitrogen and oxygen atoms in total. The summed E-state index contributed by atoms with van der Waals surface area (Å²) in [6, 6.07) is 1.43. The molecule has 0 aromatic rings. The van der Waals surface area contributed by atoms with Crippen LogP contribution in [0.5, 0.6) is 0 Å². The van der Waals surface area contributed by atoms with Crippen LogP contribution in [0.25, 0.3) is 0 Å². The van der Waals surface area contributed by atoms with Crippen molar-refractivity contribution in [1.29, 1.82) is 0 Å². The smallest absolute Gasteiger partial charge is 0.0448 e. The van der Waals surface area contributed by atoms with Gasteiger partial charge in [0.25, 0.3) is 0 Å². The van der Waals surface area contributed by atoms with Crippen molar-refractivity contribution in [2.24, 2.45) is 5.92 Å². The predicted molar refractivity (Wildman–Crippen MR) is 75.2 cm³/mol. The summed E-state index contributed by atoms with van der Waals surface area (Å²) in [7, 11) is -0.853. The lowest BCUT2D eigenvalue weighted by molar-refractivity contribution is 0.672. The first-order valence-corrected chi connectivity index (χ1v) is 10.3. The second-order valence-corrected chi connectivity index (χ2v) is 11.5. The molecule has 1 atom stereocenters. The predicted octanol–water partition coefficient (Wildman–Crippen LogP) is 5.49. The van der Waals surface area contributed by atoms with Gasteiger partial charge in [-0.15, -0.1) is 0 Å². The van der Waals surface area contributed by atoms with Crippen molar-refractivity contribution < 1.29 is 0 Å². The van der Waals surface area contributed by atoms with Gasteiger partial charge in [-0.05, 0) is 18.8 Å². The van der Waals surface area contributed by atoms with Crippen LogP contribution in [0.1, 0.15) is 46.0 Å². The molecule has 0 radical (unpaired) electrons.